The Bertz CT molecular complexity index is 3290. The molecular formula is C90H144O9. The molecule has 0 heterocycles. The fourth-order valence-electron chi connectivity index (χ4n) is 33.0. The van der Waals surface area contributed by atoms with Gasteiger partial charge in [0.1, 0.15) is 0 Å². The molecule has 0 aromatic rings. The molecule has 6 N–H and O–H groups in total. The number of aliphatic carboxylic acids is 3. The molecule has 9 heteroatoms. The Balaban J connectivity index is 0.000000133. The van der Waals surface area contributed by atoms with E-state index in [0.29, 0.717) is 59.2 Å². The van der Waals surface area contributed by atoms with Gasteiger partial charge in [-0.2, -0.15) is 0 Å². The summed E-state index contributed by atoms with van der Waals surface area (Å²) in [5, 5.41) is 64.2. The lowest BCUT2D eigenvalue weighted by Gasteiger charge is -2.72. The maximum absolute atomic E-state index is 12.8. The summed E-state index contributed by atoms with van der Waals surface area (Å²) in [4.78, 5) is 38.3. The molecule has 28 atom stereocenters. The molecule has 0 spiro atoms. The monoisotopic (exact) mass is 1370 g/mol. The first kappa shape index (κ1) is 74.8. The first-order valence-corrected chi connectivity index (χ1v) is 41.5. The zero-order valence-electron chi connectivity index (χ0n) is 66.5. The van der Waals surface area contributed by atoms with Crippen LogP contribution in [0, 0.1) is 164 Å². The number of carboxylic acids is 3. The Labute approximate surface area is 601 Å². The first-order chi connectivity index (χ1) is 45.7. The molecule has 0 amide bonds. The Kier molecular flexibility index (Phi) is 17.8. The van der Waals surface area contributed by atoms with Gasteiger partial charge >= 0.3 is 17.9 Å². The minimum Gasteiger partial charge on any atom is -0.481 e. The number of fused-ring (bicyclic) bond motifs is 21. The van der Waals surface area contributed by atoms with Gasteiger partial charge in [-0.25, -0.2) is 0 Å². The van der Waals surface area contributed by atoms with Gasteiger partial charge < -0.3 is 30.6 Å². The van der Waals surface area contributed by atoms with Gasteiger partial charge in [-0.15, -0.1) is 0 Å². The second-order valence-corrected chi connectivity index (χ2v) is 44.1. The molecule has 15 aliphatic carbocycles. The van der Waals surface area contributed by atoms with Crippen molar-refractivity contribution in [1.82, 2.24) is 0 Å². The van der Waals surface area contributed by atoms with Crippen LogP contribution in [0.25, 0.3) is 0 Å². The van der Waals surface area contributed by atoms with Crippen LogP contribution < -0.4 is 0 Å². The van der Waals surface area contributed by atoms with E-state index < -0.39 is 34.2 Å². The van der Waals surface area contributed by atoms with E-state index in [2.05, 4.69) is 157 Å². The normalized spacial score (nSPS) is 54.3. The standard InChI is InChI=1S/3C30H48O3/c1-18-10-15-30(25(32)33)17-16-28(6)20(24(30)19(18)2)8-9-22-27(5)13-12-23(31)26(3,4)21(27)11-14-29(22,28)7;1-18(2)19-10-15-30(25(32)33)17-16-28(6)20(24(19)30)8-9-22-27(5)13-12-23(31)26(3,4)21(27)11-14-29(22,28)7;1-25(2)14-16-30(24(32)33)17-15-28(6)19(20(30)18-25)8-9-22-27(5)12-11-23(31)26(3,4)21(27)10-13-29(22,28)7/h8,18-19,21-24,31H,9-17H2,1-7H3,(H,32,33);19-24,31H,1,8-17H2,2-7H3,(H,32,33);8,20-23,31H,9-18H2,1-7H3,(H,32,33). The summed E-state index contributed by atoms with van der Waals surface area (Å²) >= 11 is 0. The zero-order valence-corrected chi connectivity index (χ0v) is 66.5. The molecule has 28 unspecified atom stereocenters. The maximum Gasteiger partial charge on any atom is 0.310 e. The third kappa shape index (κ3) is 9.76. The van der Waals surface area contributed by atoms with Crippen LogP contribution in [0.1, 0.15) is 325 Å². The van der Waals surface area contributed by atoms with Crippen molar-refractivity contribution in [3.8, 4) is 0 Å². The first-order valence-electron chi connectivity index (χ1n) is 41.5. The molecule has 99 heavy (non-hydrogen) atoms. The van der Waals surface area contributed by atoms with Gasteiger partial charge in [0, 0.05) is 0 Å². The van der Waals surface area contributed by atoms with E-state index in [4.69, 9.17) is 0 Å². The van der Waals surface area contributed by atoms with Crippen molar-refractivity contribution >= 4 is 17.9 Å². The minimum absolute atomic E-state index is 0.0202. The Morgan fingerprint density at radius 1 is 0.404 bits per heavy atom. The summed E-state index contributed by atoms with van der Waals surface area (Å²) in [7, 11) is 0. The number of rotatable bonds is 4. The van der Waals surface area contributed by atoms with Gasteiger partial charge in [0.25, 0.3) is 0 Å². The number of aliphatic hydroxyl groups is 3. The van der Waals surface area contributed by atoms with Crippen molar-refractivity contribution in [3.63, 3.8) is 0 Å². The van der Waals surface area contributed by atoms with Crippen molar-refractivity contribution < 1.29 is 45.0 Å². The van der Waals surface area contributed by atoms with Crippen LogP contribution in [0.2, 0.25) is 0 Å². The van der Waals surface area contributed by atoms with Crippen LogP contribution in [-0.4, -0.2) is 66.9 Å². The van der Waals surface area contributed by atoms with Crippen LogP contribution in [0.15, 0.2) is 35.5 Å². The smallest absolute Gasteiger partial charge is 0.310 e. The van der Waals surface area contributed by atoms with Crippen LogP contribution >= 0.6 is 0 Å². The number of hydrogen-bond acceptors (Lipinski definition) is 6. The summed E-state index contributed by atoms with van der Waals surface area (Å²) in [5.41, 5.74) is 4.49. The largest absolute Gasteiger partial charge is 0.481 e. The number of carbonyl (C=O) groups is 3. The minimum atomic E-state index is -0.557. The molecule has 15 aliphatic rings. The van der Waals surface area contributed by atoms with E-state index in [-0.39, 0.29) is 106 Å². The Morgan fingerprint density at radius 2 is 0.818 bits per heavy atom. The number of aliphatic hydroxyl groups excluding tert-OH is 3. The second-order valence-electron chi connectivity index (χ2n) is 44.1. The highest BCUT2D eigenvalue weighted by molar-refractivity contribution is 5.78. The van der Waals surface area contributed by atoms with Gasteiger partial charge in [-0.3, -0.25) is 14.4 Å². The van der Waals surface area contributed by atoms with E-state index in [0.717, 1.165) is 135 Å². The van der Waals surface area contributed by atoms with Gasteiger partial charge in [-0.1, -0.05) is 167 Å². The molecule has 9 nitrogen and oxygen atoms in total. The summed E-state index contributed by atoms with van der Waals surface area (Å²) in [6, 6.07) is 0. The Morgan fingerprint density at radius 3 is 1.29 bits per heavy atom. The predicted molar refractivity (Wildman–Crippen MR) is 398 cm³/mol. The lowest BCUT2D eigenvalue weighted by Crippen LogP contribution is -2.67. The van der Waals surface area contributed by atoms with Gasteiger partial charge in [0.15, 0.2) is 0 Å². The third-order valence-electron chi connectivity index (χ3n) is 39.9. The molecule has 0 aromatic heterocycles. The number of allylic oxidation sites excluding steroid dienone is 5. The molecule has 558 valence electrons. The summed E-state index contributed by atoms with van der Waals surface area (Å²) in [6.45, 7) is 52.7. The average Bonchev–Trinajstić information content (AvgIpc) is 1.32. The molecule has 0 bridgehead atoms. The van der Waals surface area contributed by atoms with Gasteiger partial charge in [0.2, 0.25) is 0 Å². The van der Waals surface area contributed by atoms with E-state index in [1.807, 2.05) is 0 Å². The molecule has 0 aliphatic heterocycles. The lowest BCUT2D eigenvalue weighted by molar-refractivity contribution is -0.248. The van der Waals surface area contributed by atoms with E-state index in [9.17, 15) is 45.0 Å². The highest BCUT2D eigenvalue weighted by Crippen LogP contribution is 2.81. The van der Waals surface area contributed by atoms with Crippen molar-refractivity contribution in [1.29, 1.82) is 0 Å². The molecule has 15 rings (SSSR count). The van der Waals surface area contributed by atoms with Crippen LogP contribution in [0.4, 0.5) is 0 Å². The molecule has 13 fully saturated rings. The van der Waals surface area contributed by atoms with Crippen molar-refractivity contribution in [2.75, 3.05) is 0 Å². The second kappa shape index (κ2) is 23.5. The number of hydrogen-bond donors (Lipinski definition) is 6. The molecular weight excluding hydrogens is 1220 g/mol. The molecule has 13 saturated carbocycles. The highest BCUT2D eigenvalue weighted by Gasteiger charge is 2.75. The molecule has 0 saturated heterocycles. The zero-order chi connectivity index (χ0) is 72.6. The van der Waals surface area contributed by atoms with Crippen molar-refractivity contribution in [2.24, 2.45) is 164 Å². The van der Waals surface area contributed by atoms with Gasteiger partial charge in [-0.05, 0) is 340 Å². The summed E-state index contributed by atoms with van der Waals surface area (Å²) in [6.07, 6.45) is 34.7. The van der Waals surface area contributed by atoms with E-state index >= 15 is 0 Å². The maximum atomic E-state index is 12.8. The van der Waals surface area contributed by atoms with E-state index in [1.165, 1.54) is 68.1 Å². The van der Waals surface area contributed by atoms with Crippen LogP contribution in [-0.2, 0) is 14.4 Å². The average molecular weight is 1370 g/mol. The topological polar surface area (TPSA) is 173 Å². The van der Waals surface area contributed by atoms with Crippen molar-refractivity contribution in [2.45, 2.75) is 343 Å². The Hall–Kier alpha value is -2.49. The number of carboxylic acid groups (broad SMARTS) is 3. The summed E-state index contributed by atoms with van der Waals surface area (Å²) in [5.74, 6) is 4.43. The SMILES string of the molecule is C=C(C)C1CCC2(C(=O)O)CCC3(C)C(CCC4C5(C)CCC(O)C(C)(C)C5CCC43C)C12.CC1(C)CCC2(C(=O)O)CCC3(C)C(=CCC4C5(C)CCC(O)C(C)(C)C5CCC43C)C2C1.CC1CCC2(C(=O)O)CCC3(C)C(=CCC4C5(C)CCC(O)C(C)(C)C5CCC43C)C2C1C. The lowest BCUT2D eigenvalue weighted by atomic mass is 9.32. The van der Waals surface area contributed by atoms with E-state index in [1.54, 1.807) is 0 Å². The van der Waals surface area contributed by atoms with Crippen LogP contribution in [0.5, 0.6) is 0 Å². The van der Waals surface area contributed by atoms with Crippen LogP contribution in [0.3, 0.4) is 0 Å². The fourth-order valence-corrected chi connectivity index (χ4v) is 33.0. The quantitative estimate of drug-likeness (QED) is 0.150. The fraction of sp³-hybridized carbons (Fsp3) is 0.900. The third-order valence-corrected chi connectivity index (χ3v) is 39.9. The summed E-state index contributed by atoms with van der Waals surface area (Å²) < 4.78 is 0. The molecule has 0 aromatic carbocycles. The molecule has 0 radical (unpaired) electrons. The predicted octanol–water partition coefficient (Wildman–Crippen LogP) is 21.4. The highest BCUT2D eigenvalue weighted by atomic mass is 16.4. The van der Waals surface area contributed by atoms with Gasteiger partial charge in [0.05, 0.1) is 34.6 Å². The van der Waals surface area contributed by atoms with Crippen molar-refractivity contribution in [3.05, 3.63) is 35.5 Å².